The van der Waals surface area contributed by atoms with Crippen molar-refractivity contribution in [3.8, 4) is 0 Å². The van der Waals surface area contributed by atoms with Crippen molar-refractivity contribution in [2.45, 2.75) is 25.2 Å². The zero-order chi connectivity index (χ0) is 16.4. The molecule has 1 unspecified atom stereocenters. The predicted molar refractivity (Wildman–Crippen MR) is 77.3 cm³/mol. The summed E-state index contributed by atoms with van der Waals surface area (Å²) in [6, 6.07) is 4.62. The second-order valence-electron chi connectivity index (χ2n) is 6.56. The van der Waals surface area contributed by atoms with Crippen molar-refractivity contribution < 1.29 is 23.1 Å². The van der Waals surface area contributed by atoms with Gasteiger partial charge in [0.1, 0.15) is 6.23 Å². The Labute approximate surface area is 131 Å². The molecule has 1 N–H and O–H groups in total. The summed E-state index contributed by atoms with van der Waals surface area (Å²) in [4.78, 5) is 13.9. The van der Waals surface area contributed by atoms with Gasteiger partial charge in [-0.15, -0.1) is 0 Å². The molecule has 3 nitrogen and oxygen atoms in total. The number of allylic oxidation sites excluding steroid dienone is 2. The average molecular weight is 323 g/mol. The third-order valence-corrected chi connectivity index (χ3v) is 5.39. The largest absolute Gasteiger partial charge is 0.416 e. The fourth-order valence-electron chi connectivity index (χ4n) is 4.36. The number of amides is 1. The minimum atomic E-state index is -4.48. The van der Waals surface area contributed by atoms with Gasteiger partial charge in [-0.1, -0.05) is 18.2 Å². The maximum Gasteiger partial charge on any atom is 0.416 e. The summed E-state index contributed by atoms with van der Waals surface area (Å²) in [6.07, 6.45) is 0.350. The van der Waals surface area contributed by atoms with Crippen molar-refractivity contribution in [2.75, 3.05) is 4.90 Å². The van der Waals surface area contributed by atoms with E-state index in [1.165, 1.54) is 12.1 Å². The summed E-state index contributed by atoms with van der Waals surface area (Å²) >= 11 is 0. The molecule has 23 heavy (non-hydrogen) atoms. The van der Waals surface area contributed by atoms with E-state index in [1.54, 1.807) is 0 Å². The summed E-state index contributed by atoms with van der Waals surface area (Å²) in [7, 11) is 0. The normalized spacial score (nSPS) is 35.7. The van der Waals surface area contributed by atoms with Crippen molar-refractivity contribution in [1.29, 1.82) is 0 Å². The number of alkyl halides is 3. The van der Waals surface area contributed by atoms with E-state index in [9.17, 15) is 23.1 Å². The SMILES string of the molecule is O=C1[C@@H]2[C@H](C(O)N1c1cccc(C(F)(F)F)c1)[C@@H]1C=C[C@H]2CC1. The molecule has 0 aromatic heterocycles. The van der Waals surface area contributed by atoms with E-state index in [-0.39, 0.29) is 35.3 Å². The Bertz CT molecular complexity index is 685. The number of hydrogen-bond acceptors (Lipinski definition) is 2. The standard InChI is InChI=1S/C17H16F3NO2/c18-17(19,20)11-2-1-3-12(8-11)21-15(22)13-9-4-5-10(7-6-9)14(13)16(21)23/h1-5,8-10,13-15,22H,6-7H2/t9-,10+,13-,14+,15?/m1/s1. The number of hydrogen-bond donors (Lipinski definition) is 1. The van der Waals surface area contributed by atoms with Crippen molar-refractivity contribution >= 4 is 11.6 Å². The Morgan fingerprint density at radius 2 is 1.83 bits per heavy atom. The molecule has 2 fully saturated rings. The number of halogens is 3. The molecule has 1 aliphatic heterocycles. The summed E-state index contributed by atoms with van der Waals surface area (Å²) in [6.45, 7) is 0. The average Bonchev–Trinajstić information content (AvgIpc) is 2.81. The molecule has 1 aromatic carbocycles. The summed E-state index contributed by atoms with van der Waals surface area (Å²) in [5, 5.41) is 10.6. The monoisotopic (exact) mass is 323 g/mol. The minimum absolute atomic E-state index is 0.0861. The van der Waals surface area contributed by atoms with Crippen LogP contribution in [0.25, 0.3) is 0 Å². The van der Waals surface area contributed by atoms with E-state index < -0.39 is 18.0 Å². The van der Waals surface area contributed by atoms with Crippen LogP contribution in [0.2, 0.25) is 0 Å². The lowest BCUT2D eigenvalue weighted by Gasteiger charge is -2.40. The molecule has 3 aliphatic carbocycles. The molecule has 1 amide bonds. The Balaban J connectivity index is 1.72. The Morgan fingerprint density at radius 1 is 1.13 bits per heavy atom. The van der Waals surface area contributed by atoms with E-state index in [4.69, 9.17) is 0 Å². The van der Waals surface area contributed by atoms with E-state index in [1.807, 2.05) is 12.2 Å². The number of nitrogens with zero attached hydrogens (tertiary/aromatic N) is 1. The predicted octanol–water partition coefficient (Wildman–Crippen LogP) is 3.20. The summed E-state index contributed by atoms with van der Waals surface area (Å²) in [5.74, 6) is -0.590. The highest BCUT2D eigenvalue weighted by Gasteiger charge is 2.56. The zero-order valence-electron chi connectivity index (χ0n) is 12.2. The van der Waals surface area contributed by atoms with Gasteiger partial charge in [0.2, 0.25) is 5.91 Å². The van der Waals surface area contributed by atoms with Crippen LogP contribution in [0.15, 0.2) is 36.4 Å². The maximum absolute atomic E-state index is 12.9. The van der Waals surface area contributed by atoms with Crippen LogP contribution in [-0.2, 0) is 11.0 Å². The molecule has 4 aliphatic rings. The highest BCUT2D eigenvalue weighted by atomic mass is 19.4. The van der Waals surface area contributed by atoms with Crippen LogP contribution in [0.1, 0.15) is 18.4 Å². The minimum Gasteiger partial charge on any atom is -0.373 e. The van der Waals surface area contributed by atoms with Gasteiger partial charge in [-0.3, -0.25) is 9.69 Å². The topological polar surface area (TPSA) is 40.5 Å². The molecule has 0 spiro atoms. The molecule has 1 saturated heterocycles. The second kappa shape index (κ2) is 4.84. The first-order valence-corrected chi connectivity index (χ1v) is 7.74. The highest BCUT2D eigenvalue weighted by molar-refractivity contribution is 5.98. The van der Waals surface area contributed by atoms with Crippen LogP contribution in [0.4, 0.5) is 18.9 Å². The van der Waals surface area contributed by atoms with Gasteiger partial charge in [0, 0.05) is 11.6 Å². The number of fused-ring (bicyclic) bond motifs is 1. The van der Waals surface area contributed by atoms with Gasteiger partial charge in [0.25, 0.3) is 0 Å². The van der Waals surface area contributed by atoms with Gasteiger partial charge in [0.15, 0.2) is 0 Å². The van der Waals surface area contributed by atoms with Gasteiger partial charge in [-0.25, -0.2) is 0 Å². The molecule has 1 aromatic rings. The van der Waals surface area contributed by atoms with E-state index in [0.29, 0.717) is 0 Å². The van der Waals surface area contributed by atoms with Gasteiger partial charge >= 0.3 is 6.18 Å². The number of aliphatic hydroxyl groups excluding tert-OH is 1. The van der Waals surface area contributed by atoms with Gasteiger partial charge in [-0.05, 0) is 42.9 Å². The smallest absolute Gasteiger partial charge is 0.373 e. The lowest BCUT2D eigenvalue weighted by Crippen LogP contribution is -2.40. The van der Waals surface area contributed by atoms with E-state index >= 15 is 0 Å². The van der Waals surface area contributed by atoms with Crippen LogP contribution in [0.3, 0.4) is 0 Å². The first-order chi connectivity index (χ1) is 10.9. The first-order valence-electron chi connectivity index (χ1n) is 7.74. The molecular weight excluding hydrogens is 307 g/mol. The van der Waals surface area contributed by atoms with Gasteiger partial charge in [0.05, 0.1) is 11.5 Å². The number of carbonyl (C=O) groups is 1. The quantitative estimate of drug-likeness (QED) is 0.806. The molecule has 0 radical (unpaired) electrons. The third kappa shape index (κ3) is 2.11. The summed E-state index contributed by atoms with van der Waals surface area (Å²) < 4.78 is 38.7. The Morgan fingerprint density at radius 3 is 2.43 bits per heavy atom. The molecular formula is C17H16F3NO2. The second-order valence-corrected chi connectivity index (χ2v) is 6.56. The lowest BCUT2D eigenvalue weighted by molar-refractivity contribution is -0.137. The molecule has 5 atom stereocenters. The van der Waals surface area contributed by atoms with Gasteiger partial charge in [-0.2, -0.15) is 13.2 Å². The van der Waals surface area contributed by atoms with Crippen molar-refractivity contribution in [1.82, 2.24) is 0 Å². The maximum atomic E-state index is 12.9. The number of anilines is 1. The summed E-state index contributed by atoms with van der Waals surface area (Å²) in [5.41, 5.74) is -0.697. The molecule has 6 heteroatoms. The number of carbonyl (C=O) groups excluding carboxylic acids is 1. The fraction of sp³-hybridized carbons (Fsp3) is 0.471. The van der Waals surface area contributed by atoms with E-state index in [0.717, 1.165) is 29.9 Å². The van der Waals surface area contributed by atoms with E-state index in [2.05, 4.69) is 0 Å². The van der Waals surface area contributed by atoms with Crippen LogP contribution in [0.5, 0.6) is 0 Å². The zero-order valence-corrected chi connectivity index (χ0v) is 12.2. The van der Waals surface area contributed by atoms with Crippen molar-refractivity contribution in [3.05, 3.63) is 42.0 Å². The first kappa shape index (κ1) is 14.8. The van der Waals surface area contributed by atoms with Crippen LogP contribution in [-0.4, -0.2) is 17.2 Å². The number of rotatable bonds is 1. The van der Waals surface area contributed by atoms with Crippen LogP contribution >= 0.6 is 0 Å². The molecule has 2 bridgehead atoms. The molecule has 1 heterocycles. The van der Waals surface area contributed by atoms with Gasteiger partial charge < -0.3 is 5.11 Å². The molecule has 5 rings (SSSR count). The molecule has 122 valence electrons. The van der Waals surface area contributed by atoms with Crippen LogP contribution < -0.4 is 4.90 Å². The Hall–Kier alpha value is -1.82. The number of aliphatic hydroxyl groups is 1. The fourth-order valence-corrected chi connectivity index (χ4v) is 4.36. The van der Waals surface area contributed by atoms with Crippen molar-refractivity contribution in [2.24, 2.45) is 23.7 Å². The number of benzene rings is 1. The van der Waals surface area contributed by atoms with Crippen molar-refractivity contribution in [3.63, 3.8) is 0 Å². The highest BCUT2D eigenvalue weighted by Crippen LogP contribution is 2.52. The molecule has 1 saturated carbocycles. The third-order valence-electron chi connectivity index (χ3n) is 5.39. The lowest BCUT2D eigenvalue weighted by atomic mass is 9.63. The Kier molecular flexibility index (Phi) is 3.10. The van der Waals surface area contributed by atoms with Crippen LogP contribution in [0, 0.1) is 23.7 Å².